The van der Waals surface area contributed by atoms with E-state index in [-0.39, 0.29) is 5.91 Å². The average molecular weight is 433 g/mol. The number of benzene rings is 1. The lowest BCUT2D eigenvalue weighted by Gasteiger charge is -2.21. The van der Waals surface area contributed by atoms with Crippen LogP contribution in [0.2, 0.25) is 0 Å². The smallest absolute Gasteiger partial charge is 0.255 e. The van der Waals surface area contributed by atoms with Gasteiger partial charge in [-0.3, -0.25) is 9.78 Å². The SMILES string of the molecule is Cc1ccc(-n2nc(C)c3sc(N4CCCN(C(=O)c5cccnc5)CC4)nc32)cc1. The molecular weight excluding hydrogens is 408 g/mol. The molecule has 0 unspecified atom stereocenters. The van der Waals surface area contributed by atoms with Gasteiger partial charge in [0.25, 0.3) is 5.91 Å². The van der Waals surface area contributed by atoms with Crippen LogP contribution in [0.1, 0.15) is 28.0 Å². The summed E-state index contributed by atoms with van der Waals surface area (Å²) in [7, 11) is 0. The van der Waals surface area contributed by atoms with E-state index in [0.717, 1.165) is 52.9 Å². The van der Waals surface area contributed by atoms with Crippen LogP contribution in [-0.2, 0) is 0 Å². The quantitative estimate of drug-likeness (QED) is 0.492. The van der Waals surface area contributed by atoms with E-state index in [1.165, 1.54) is 5.56 Å². The maximum Gasteiger partial charge on any atom is 0.255 e. The van der Waals surface area contributed by atoms with E-state index in [1.54, 1.807) is 29.8 Å². The first-order valence-electron chi connectivity index (χ1n) is 10.5. The summed E-state index contributed by atoms with van der Waals surface area (Å²) < 4.78 is 3.04. The number of carbonyl (C=O) groups is 1. The van der Waals surface area contributed by atoms with E-state index in [4.69, 9.17) is 10.1 Å². The number of aryl methyl sites for hydroxylation is 2. The lowest BCUT2D eigenvalue weighted by Crippen LogP contribution is -2.35. The molecule has 0 radical (unpaired) electrons. The van der Waals surface area contributed by atoms with Crippen molar-refractivity contribution in [2.45, 2.75) is 20.3 Å². The molecule has 0 N–H and O–H groups in total. The maximum atomic E-state index is 12.8. The van der Waals surface area contributed by atoms with Crippen molar-refractivity contribution in [2.75, 3.05) is 31.1 Å². The van der Waals surface area contributed by atoms with Gasteiger partial charge in [-0.15, -0.1) is 0 Å². The van der Waals surface area contributed by atoms with Gasteiger partial charge in [0.05, 0.1) is 21.6 Å². The summed E-state index contributed by atoms with van der Waals surface area (Å²) in [6.45, 7) is 7.17. The van der Waals surface area contributed by atoms with Gasteiger partial charge in [-0.25, -0.2) is 4.68 Å². The summed E-state index contributed by atoms with van der Waals surface area (Å²) in [4.78, 5) is 26.1. The molecule has 0 spiro atoms. The zero-order chi connectivity index (χ0) is 21.4. The average Bonchev–Trinajstić information content (AvgIpc) is 3.25. The summed E-state index contributed by atoms with van der Waals surface area (Å²) in [6, 6.07) is 12.0. The summed E-state index contributed by atoms with van der Waals surface area (Å²) >= 11 is 1.68. The Bertz CT molecular complexity index is 1210. The Kier molecular flexibility index (Phi) is 5.15. The van der Waals surface area contributed by atoms with Gasteiger partial charge in [0.15, 0.2) is 10.8 Å². The topological polar surface area (TPSA) is 67.2 Å². The van der Waals surface area contributed by atoms with Crippen LogP contribution in [0.3, 0.4) is 0 Å². The number of amides is 1. The lowest BCUT2D eigenvalue weighted by molar-refractivity contribution is 0.0766. The van der Waals surface area contributed by atoms with E-state index in [0.29, 0.717) is 12.1 Å². The van der Waals surface area contributed by atoms with Gasteiger partial charge in [-0.05, 0) is 44.5 Å². The Morgan fingerprint density at radius 2 is 1.87 bits per heavy atom. The van der Waals surface area contributed by atoms with Crippen LogP contribution >= 0.6 is 11.3 Å². The van der Waals surface area contributed by atoms with Gasteiger partial charge in [-0.1, -0.05) is 29.0 Å². The number of carbonyl (C=O) groups excluding carboxylic acids is 1. The molecule has 0 atom stereocenters. The number of nitrogens with zero attached hydrogens (tertiary/aromatic N) is 6. The van der Waals surface area contributed by atoms with Crippen molar-refractivity contribution in [1.82, 2.24) is 24.6 Å². The molecule has 1 aromatic carbocycles. The van der Waals surface area contributed by atoms with Crippen LogP contribution < -0.4 is 4.90 Å². The second-order valence-corrected chi connectivity index (χ2v) is 8.83. The normalized spacial score (nSPS) is 14.8. The highest BCUT2D eigenvalue weighted by Gasteiger charge is 2.23. The first kappa shape index (κ1) is 19.7. The minimum atomic E-state index is 0.0464. The Labute approximate surface area is 185 Å². The van der Waals surface area contributed by atoms with Gasteiger partial charge < -0.3 is 9.80 Å². The molecule has 3 aromatic heterocycles. The molecule has 4 heterocycles. The third-order valence-corrected chi connectivity index (χ3v) is 6.83. The molecule has 7 nitrogen and oxygen atoms in total. The van der Waals surface area contributed by atoms with Gasteiger partial charge in [0.2, 0.25) is 0 Å². The molecular formula is C23H24N6OS. The molecule has 4 aromatic rings. The van der Waals surface area contributed by atoms with Crippen molar-refractivity contribution < 1.29 is 4.79 Å². The van der Waals surface area contributed by atoms with Gasteiger partial charge in [-0.2, -0.15) is 10.1 Å². The van der Waals surface area contributed by atoms with E-state index in [2.05, 4.69) is 41.1 Å². The van der Waals surface area contributed by atoms with Crippen molar-refractivity contribution in [3.05, 3.63) is 65.6 Å². The Morgan fingerprint density at radius 1 is 1.03 bits per heavy atom. The van der Waals surface area contributed by atoms with Gasteiger partial charge in [0.1, 0.15) is 0 Å². The number of aromatic nitrogens is 4. The highest BCUT2D eigenvalue weighted by molar-refractivity contribution is 7.22. The number of rotatable bonds is 3. The van der Waals surface area contributed by atoms with Crippen LogP contribution in [0.15, 0.2) is 48.8 Å². The zero-order valence-corrected chi connectivity index (χ0v) is 18.5. The highest BCUT2D eigenvalue weighted by atomic mass is 32.1. The highest BCUT2D eigenvalue weighted by Crippen LogP contribution is 2.33. The molecule has 0 aliphatic carbocycles. The van der Waals surface area contributed by atoms with Gasteiger partial charge >= 0.3 is 0 Å². The predicted octanol–water partition coefficient (Wildman–Crippen LogP) is 3.85. The van der Waals surface area contributed by atoms with Crippen LogP contribution in [0.25, 0.3) is 16.0 Å². The number of hydrogen-bond acceptors (Lipinski definition) is 6. The van der Waals surface area contributed by atoms with E-state index >= 15 is 0 Å². The number of thiazole rings is 1. The van der Waals surface area contributed by atoms with Crippen molar-refractivity contribution in [1.29, 1.82) is 0 Å². The second kappa shape index (κ2) is 8.11. The Hall–Kier alpha value is -3.26. The summed E-state index contributed by atoms with van der Waals surface area (Å²) in [6.07, 6.45) is 4.23. The summed E-state index contributed by atoms with van der Waals surface area (Å²) in [5.74, 6) is 0.0464. The monoisotopic (exact) mass is 432 g/mol. The Morgan fingerprint density at radius 3 is 2.65 bits per heavy atom. The molecule has 1 saturated heterocycles. The van der Waals surface area contributed by atoms with Crippen LogP contribution in [0.4, 0.5) is 5.13 Å². The molecule has 1 aliphatic heterocycles. The van der Waals surface area contributed by atoms with E-state index in [1.807, 2.05) is 22.6 Å². The number of anilines is 1. The van der Waals surface area contributed by atoms with E-state index in [9.17, 15) is 4.79 Å². The van der Waals surface area contributed by atoms with Crippen molar-refractivity contribution in [2.24, 2.45) is 0 Å². The van der Waals surface area contributed by atoms with Crippen molar-refractivity contribution >= 4 is 32.7 Å². The molecule has 31 heavy (non-hydrogen) atoms. The van der Waals surface area contributed by atoms with Crippen LogP contribution in [0.5, 0.6) is 0 Å². The molecule has 1 amide bonds. The largest absolute Gasteiger partial charge is 0.346 e. The fourth-order valence-electron chi connectivity index (χ4n) is 3.91. The third-order valence-electron chi connectivity index (χ3n) is 5.62. The molecule has 158 valence electrons. The molecule has 1 aliphatic rings. The molecule has 5 rings (SSSR count). The maximum absolute atomic E-state index is 12.8. The Balaban J connectivity index is 1.38. The van der Waals surface area contributed by atoms with Crippen LogP contribution in [0, 0.1) is 13.8 Å². The minimum absolute atomic E-state index is 0.0464. The van der Waals surface area contributed by atoms with Crippen molar-refractivity contribution in [3.8, 4) is 5.69 Å². The van der Waals surface area contributed by atoms with E-state index < -0.39 is 0 Å². The standard InChI is InChI=1S/C23H24N6OS/c1-16-6-8-19(9-7-16)29-21-20(17(2)26-29)31-23(25-21)28-12-4-11-27(13-14-28)22(30)18-5-3-10-24-15-18/h3,5-10,15H,4,11-14H2,1-2H3. The molecule has 1 fully saturated rings. The first-order valence-corrected chi connectivity index (χ1v) is 11.3. The first-order chi connectivity index (χ1) is 15.1. The third kappa shape index (κ3) is 3.79. The second-order valence-electron chi connectivity index (χ2n) is 7.86. The lowest BCUT2D eigenvalue weighted by atomic mass is 10.2. The fraction of sp³-hybridized carbons (Fsp3) is 0.304. The summed E-state index contributed by atoms with van der Waals surface area (Å²) in [5, 5.41) is 5.70. The van der Waals surface area contributed by atoms with Gasteiger partial charge in [0, 0.05) is 38.6 Å². The van der Waals surface area contributed by atoms with Crippen molar-refractivity contribution in [3.63, 3.8) is 0 Å². The molecule has 0 bridgehead atoms. The van der Waals surface area contributed by atoms with Crippen LogP contribution in [-0.4, -0.2) is 56.7 Å². The number of pyridine rings is 1. The number of fused-ring (bicyclic) bond motifs is 1. The molecule has 0 saturated carbocycles. The molecule has 8 heteroatoms. The summed E-state index contributed by atoms with van der Waals surface area (Å²) in [5.41, 5.74) is 4.77. The number of hydrogen-bond donors (Lipinski definition) is 0. The predicted molar refractivity (Wildman–Crippen MR) is 123 cm³/mol. The minimum Gasteiger partial charge on any atom is -0.346 e. The fourth-order valence-corrected chi connectivity index (χ4v) is 4.95. The zero-order valence-electron chi connectivity index (χ0n) is 17.7.